The normalized spacial score (nSPS) is 13.1. The highest BCUT2D eigenvalue weighted by Gasteiger charge is 2.34. The Hall–Kier alpha value is -1.51. The van der Waals surface area contributed by atoms with Crippen LogP contribution in [0.2, 0.25) is 0 Å². The summed E-state index contributed by atoms with van der Waals surface area (Å²) in [6, 6.07) is 12.5. The highest BCUT2D eigenvalue weighted by atomic mass is 35.6. The average Bonchev–Trinajstić information content (AvgIpc) is 2.53. The van der Waals surface area contributed by atoms with E-state index in [1.165, 1.54) is 24.3 Å². The van der Waals surface area contributed by atoms with Gasteiger partial charge in [-0.15, -0.1) is 0 Å². The predicted octanol–water partition coefficient (Wildman–Crippen LogP) is 3.18. The number of rotatable bonds is 5. The number of halogens is 3. The SMILES string of the molecule is Cc1ccccc1C(=O)NC(Nc1ccc(S(N)(=O)=O)cc1)C(Cl)(Cl)Cl. The van der Waals surface area contributed by atoms with Crippen LogP contribution in [0.3, 0.4) is 0 Å². The Morgan fingerprint density at radius 2 is 1.65 bits per heavy atom. The van der Waals surface area contributed by atoms with E-state index in [1.807, 2.05) is 6.07 Å². The first-order chi connectivity index (χ1) is 12.0. The van der Waals surface area contributed by atoms with Gasteiger partial charge in [0.25, 0.3) is 5.91 Å². The summed E-state index contributed by atoms with van der Waals surface area (Å²) in [5.74, 6) is -0.423. The molecule has 1 atom stereocenters. The Balaban J connectivity index is 2.21. The molecule has 26 heavy (non-hydrogen) atoms. The third kappa shape index (κ3) is 5.49. The van der Waals surface area contributed by atoms with Crippen LogP contribution in [0.1, 0.15) is 15.9 Å². The van der Waals surface area contributed by atoms with Gasteiger partial charge >= 0.3 is 0 Å². The molecular weight excluding hydrogens is 421 g/mol. The average molecular weight is 437 g/mol. The molecular formula is C16H16Cl3N3O3S. The van der Waals surface area contributed by atoms with Gasteiger partial charge in [-0.05, 0) is 42.8 Å². The van der Waals surface area contributed by atoms with Crippen LogP contribution in [0.5, 0.6) is 0 Å². The Bertz CT molecular complexity index is 897. The van der Waals surface area contributed by atoms with Gasteiger partial charge in [0.15, 0.2) is 0 Å². The molecule has 0 aliphatic rings. The fourth-order valence-corrected chi connectivity index (χ4v) is 2.99. The maximum atomic E-state index is 12.5. The predicted molar refractivity (Wildman–Crippen MR) is 104 cm³/mol. The summed E-state index contributed by atoms with van der Waals surface area (Å²) in [5, 5.41) is 10.5. The summed E-state index contributed by atoms with van der Waals surface area (Å²) in [4.78, 5) is 12.4. The third-order valence-corrected chi connectivity index (χ3v) is 5.07. The number of sulfonamides is 1. The van der Waals surface area contributed by atoms with Crippen molar-refractivity contribution in [1.82, 2.24) is 5.32 Å². The fraction of sp³-hybridized carbons (Fsp3) is 0.188. The second-order valence-electron chi connectivity index (χ2n) is 5.48. The summed E-state index contributed by atoms with van der Waals surface area (Å²) >= 11 is 17.9. The van der Waals surface area contributed by atoms with E-state index in [1.54, 1.807) is 25.1 Å². The molecule has 0 heterocycles. The molecule has 0 aliphatic heterocycles. The minimum atomic E-state index is -3.81. The molecule has 2 rings (SSSR count). The summed E-state index contributed by atoms with van der Waals surface area (Å²) in [6.07, 6.45) is -1.07. The third-order valence-electron chi connectivity index (χ3n) is 3.49. The van der Waals surface area contributed by atoms with Crippen LogP contribution in [-0.4, -0.2) is 24.3 Å². The van der Waals surface area contributed by atoms with Gasteiger partial charge < -0.3 is 10.6 Å². The van der Waals surface area contributed by atoms with E-state index in [2.05, 4.69) is 10.6 Å². The van der Waals surface area contributed by atoms with Crippen molar-refractivity contribution in [2.24, 2.45) is 5.14 Å². The first-order valence-electron chi connectivity index (χ1n) is 7.31. The first kappa shape index (κ1) is 20.8. The molecule has 0 saturated carbocycles. The van der Waals surface area contributed by atoms with E-state index < -0.39 is 25.9 Å². The monoisotopic (exact) mass is 435 g/mol. The molecule has 0 aromatic heterocycles. The number of carbonyl (C=O) groups is 1. The molecule has 0 radical (unpaired) electrons. The highest BCUT2D eigenvalue weighted by molar-refractivity contribution is 7.89. The van der Waals surface area contributed by atoms with Crippen molar-refractivity contribution in [3.05, 3.63) is 59.7 Å². The lowest BCUT2D eigenvalue weighted by atomic mass is 10.1. The van der Waals surface area contributed by atoms with Crippen LogP contribution in [0.4, 0.5) is 5.69 Å². The van der Waals surface area contributed by atoms with E-state index in [-0.39, 0.29) is 4.90 Å². The number of hydrogen-bond acceptors (Lipinski definition) is 4. The summed E-state index contributed by atoms with van der Waals surface area (Å²) < 4.78 is 20.7. The molecule has 0 saturated heterocycles. The molecule has 140 valence electrons. The molecule has 4 N–H and O–H groups in total. The zero-order chi connectivity index (χ0) is 19.5. The lowest BCUT2D eigenvalue weighted by molar-refractivity contribution is 0.0941. The number of anilines is 1. The van der Waals surface area contributed by atoms with E-state index in [4.69, 9.17) is 39.9 Å². The van der Waals surface area contributed by atoms with Crippen LogP contribution >= 0.6 is 34.8 Å². The zero-order valence-electron chi connectivity index (χ0n) is 13.5. The molecule has 1 amide bonds. The van der Waals surface area contributed by atoms with Gasteiger partial charge in [0.05, 0.1) is 4.90 Å². The van der Waals surface area contributed by atoms with Crippen molar-refractivity contribution in [2.75, 3.05) is 5.32 Å². The molecule has 0 bridgehead atoms. The maximum absolute atomic E-state index is 12.5. The molecule has 2 aromatic carbocycles. The topological polar surface area (TPSA) is 101 Å². The molecule has 0 fully saturated rings. The van der Waals surface area contributed by atoms with Crippen molar-refractivity contribution in [3.63, 3.8) is 0 Å². The van der Waals surface area contributed by atoms with Crippen molar-refractivity contribution in [3.8, 4) is 0 Å². The second kappa shape index (κ2) is 8.02. The van der Waals surface area contributed by atoms with Crippen LogP contribution in [0.15, 0.2) is 53.4 Å². The highest BCUT2D eigenvalue weighted by Crippen LogP contribution is 2.31. The Labute approximate surface area is 166 Å². The minimum absolute atomic E-state index is 0.0579. The number of amides is 1. The zero-order valence-corrected chi connectivity index (χ0v) is 16.6. The van der Waals surface area contributed by atoms with E-state index in [9.17, 15) is 13.2 Å². The standard InChI is InChI=1S/C16H16Cl3N3O3S/c1-10-4-2-3-5-13(10)14(23)22-15(16(17,18)19)21-11-6-8-12(9-7-11)26(20,24)25/h2-9,15,21H,1H3,(H,22,23)(H2,20,24,25). The number of nitrogens with one attached hydrogen (secondary N) is 2. The first-order valence-corrected chi connectivity index (χ1v) is 9.99. The molecule has 10 heteroatoms. The molecule has 1 unspecified atom stereocenters. The quantitative estimate of drug-likeness (QED) is 0.495. The maximum Gasteiger partial charge on any atom is 0.253 e. The van der Waals surface area contributed by atoms with Crippen LogP contribution in [-0.2, 0) is 10.0 Å². The number of aryl methyl sites for hydroxylation is 1. The van der Waals surface area contributed by atoms with Crippen LogP contribution < -0.4 is 15.8 Å². The van der Waals surface area contributed by atoms with Crippen LogP contribution in [0, 0.1) is 6.92 Å². The molecule has 2 aromatic rings. The van der Waals surface area contributed by atoms with Gasteiger partial charge in [-0.3, -0.25) is 4.79 Å². The summed E-state index contributed by atoms with van der Waals surface area (Å²) in [6.45, 7) is 1.79. The van der Waals surface area contributed by atoms with Gasteiger partial charge in [0.2, 0.25) is 13.8 Å². The second-order valence-corrected chi connectivity index (χ2v) is 9.41. The van der Waals surface area contributed by atoms with Crippen molar-refractivity contribution >= 4 is 56.4 Å². The Morgan fingerprint density at radius 3 is 2.15 bits per heavy atom. The largest absolute Gasteiger partial charge is 0.362 e. The lowest BCUT2D eigenvalue weighted by Gasteiger charge is -2.27. The van der Waals surface area contributed by atoms with Gasteiger partial charge in [-0.2, -0.15) is 0 Å². The van der Waals surface area contributed by atoms with Gasteiger partial charge in [-0.25, -0.2) is 13.6 Å². The number of primary sulfonamides is 1. The number of alkyl halides is 3. The Morgan fingerprint density at radius 1 is 1.08 bits per heavy atom. The van der Waals surface area contributed by atoms with Gasteiger partial charge in [0.1, 0.15) is 6.17 Å². The van der Waals surface area contributed by atoms with Gasteiger partial charge in [-0.1, -0.05) is 53.0 Å². The van der Waals surface area contributed by atoms with E-state index in [0.29, 0.717) is 11.3 Å². The Kier molecular flexibility index (Phi) is 6.42. The van der Waals surface area contributed by atoms with Gasteiger partial charge in [0, 0.05) is 11.3 Å². The smallest absolute Gasteiger partial charge is 0.253 e. The number of nitrogens with two attached hydrogens (primary N) is 1. The van der Waals surface area contributed by atoms with Crippen molar-refractivity contribution < 1.29 is 13.2 Å². The van der Waals surface area contributed by atoms with E-state index >= 15 is 0 Å². The van der Waals surface area contributed by atoms with Crippen LogP contribution in [0.25, 0.3) is 0 Å². The molecule has 6 nitrogen and oxygen atoms in total. The van der Waals surface area contributed by atoms with Crippen molar-refractivity contribution in [2.45, 2.75) is 21.8 Å². The fourth-order valence-electron chi connectivity index (χ4n) is 2.14. The number of hydrogen-bond donors (Lipinski definition) is 3. The summed E-state index contributed by atoms with van der Waals surface area (Å²) in [5.41, 5.74) is 1.64. The summed E-state index contributed by atoms with van der Waals surface area (Å²) in [7, 11) is -3.81. The number of carbonyl (C=O) groups excluding carboxylic acids is 1. The lowest BCUT2D eigenvalue weighted by Crippen LogP contribution is -2.49. The number of benzene rings is 2. The van der Waals surface area contributed by atoms with E-state index in [0.717, 1.165) is 5.56 Å². The molecule has 0 aliphatic carbocycles. The minimum Gasteiger partial charge on any atom is -0.362 e. The molecule has 0 spiro atoms. The van der Waals surface area contributed by atoms with Crippen molar-refractivity contribution in [1.29, 1.82) is 0 Å².